The molecule has 0 aliphatic heterocycles. The quantitative estimate of drug-likeness (QED) is 0.505. The van der Waals surface area contributed by atoms with Gasteiger partial charge in [0.25, 0.3) is 0 Å². The molecule has 0 bridgehead atoms. The van der Waals surface area contributed by atoms with Crippen LogP contribution in [0.1, 0.15) is 45.4 Å². The predicted octanol–water partition coefficient (Wildman–Crippen LogP) is 2.55. The highest BCUT2D eigenvalue weighted by Crippen LogP contribution is 2.19. The lowest BCUT2D eigenvalue weighted by Gasteiger charge is -2.13. The van der Waals surface area contributed by atoms with E-state index in [0.717, 1.165) is 31.6 Å². The van der Waals surface area contributed by atoms with Crippen LogP contribution in [0.4, 0.5) is 0 Å². The number of rotatable bonds is 0. The summed E-state index contributed by atoms with van der Waals surface area (Å²) in [6.45, 7) is 2.25. The average Bonchev–Trinajstić information content (AvgIpc) is 1.90. The molecule has 10 heavy (non-hydrogen) atoms. The molecule has 1 heteroatoms. The number of carbonyl (C=O) groups is 1. The van der Waals surface area contributed by atoms with Gasteiger partial charge in [0.1, 0.15) is 5.78 Å². The molecule has 0 aromatic heterocycles. The van der Waals surface area contributed by atoms with Gasteiger partial charge in [-0.1, -0.05) is 19.8 Å². The zero-order valence-electron chi connectivity index (χ0n) is 6.73. The molecule has 1 saturated carbocycles. The molecule has 1 fully saturated rings. The van der Waals surface area contributed by atoms with E-state index in [2.05, 4.69) is 6.92 Å². The third kappa shape index (κ3) is 2.51. The number of ketones is 1. The Morgan fingerprint density at radius 2 is 2.00 bits per heavy atom. The molecule has 1 atom stereocenters. The third-order valence-electron chi connectivity index (χ3n) is 2.32. The molecule has 1 unspecified atom stereocenters. The van der Waals surface area contributed by atoms with Gasteiger partial charge >= 0.3 is 0 Å². The highest BCUT2D eigenvalue weighted by molar-refractivity contribution is 5.78. The number of Topliss-reactive ketones (excluding diaryl/α,β-unsaturated/α-hetero) is 1. The molecule has 1 rings (SSSR count). The SMILES string of the molecule is CC1CCCCC(=O)CC1. The van der Waals surface area contributed by atoms with Crippen LogP contribution in [-0.2, 0) is 4.79 Å². The molecule has 0 heterocycles. The zero-order chi connectivity index (χ0) is 7.40. The first kappa shape index (κ1) is 7.77. The Kier molecular flexibility index (Phi) is 2.91. The van der Waals surface area contributed by atoms with Gasteiger partial charge in [0, 0.05) is 12.8 Å². The van der Waals surface area contributed by atoms with Crippen LogP contribution in [-0.4, -0.2) is 5.78 Å². The molecule has 0 radical (unpaired) electrons. The van der Waals surface area contributed by atoms with Crippen LogP contribution in [0.25, 0.3) is 0 Å². The standard InChI is InChI=1S/C9H16O/c1-8-4-2-3-5-9(10)7-6-8/h8H,2-7H2,1H3. The summed E-state index contributed by atoms with van der Waals surface area (Å²) in [5.41, 5.74) is 0. The molecule has 0 N–H and O–H groups in total. The molecule has 0 aromatic carbocycles. The van der Waals surface area contributed by atoms with Gasteiger partial charge in [-0.25, -0.2) is 0 Å². The van der Waals surface area contributed by atoms with Gasteiger partial charge in [-0.2, -0.15) is 0 Å². The Labute approximate surface area is 62.8 Å². The molecule has 1 aliphatic carbocycles. The van der Waals surface area contributed by atoms with Crippen molar-refractivity contribution in [2.45, 2.75) is 45.4 Å². The average molecular weight is 140 g/mol. The predicted molar refractivity (Wildman–Crippen MR) is 41.9 cm³/mol. The van der Waals surface area contributed by atoms with E-state index in [0.29, 0.717) is 5.78 Å². The summed E-state index contributed by atoms with van der Waals surface area (Å²) >= 11 is 0. The van der Waals surface area contributed by atoms with Crippen molar-refractivity contribution in [1.29, 1.82) is 0 Å². The maximum Gasteiger partial charge on any atom is 0.132 e. The maximum atomic E-state index is 11.0. The van der Waals surface area contributed by atoms with Crippen LogP contribution in [0.2, 0.25) is 0 Å². The number of hydrogen-bond acceptors (Lipinski definition) is 1. The minimum Gasteiger partial charge on any atom is -0.300 e. The van der Waals surface area contributed by atoms with Crippen molar-refractivity contribution in [1.82, 2.24) is 0 Å². The summed E-state index contributed by atoms with van der Waals surface area (Å²) in [4.78, 5) is 11.0. The molecule has 0 saturated heterocycles. The summed E-state index contributed by atoms with van der Waals surface area (Å²) in [6, 6.07) is 0. The van der Waals surface area contributed by atoms with E-state index in [1.807, 2.05) is 0 Å². The van der Waals surface area contributed by atoms with Crippen molar-refractivity contribution in [3.8, 4) is 0 Å². The summed E-state index contributed by atoms with van der Waals surface area (Å²) < 4.78 is 0. The van der Waals surface area contributed by atoms with Crippen LogP contribution in [0.15, 0.2) is 0 Å². The van der Waals surface area contributed by atoms with Crippen molar-refractivity contribution in [2.75, 3.05) is 0 Å². The third-order valence-corrected chi connectivity index (χ3v) is 2.32. The van der Waals surface area contributed by atoms with Gasteiger partial charge in [-0.3, -0.25) is 4.79 Å². The van der Waals surface area contributed by atoms with Crippen LogP contribution in [0.5, 0.6) is 0 Å². The van der Waals surface area contributed by atoms with Crippen LogP contribution >= 0.6 is 0 Å². The number of hydrogen-bond donors (Lipinski definition) is 0. The molecule has 0 amide bonds. The van der Waals surface area contributed by atoms with E-state index in [-0.39, 0.29) is 0 Å². The Morgan fingerprint density at radius 1 is 1.20 bits per heavy atom. The van der Waals surface area contributed by atoms with Gasteiger partial charge < -0.3 is 0 Å². The fraction of sp³-hybridized carbons (Fsp3) is 0.889. The van der Waals surface area contributed by atoms with E-state index in [4.69, 9.17) is 0 Å². The van der Waals surface area contributed by atoms with Crippen LogP contribution in [0.3, 0.4) is 0 Å². The lowest BCUT2D eigenvalue weighted by molar-refractivity contribution is -0.119. The summed E-state index contributed by atoms with van der Waals surface area (Å²) in [6.07, 6.45) is 6.51. The Bertz CT molecular complexity index is 118. The molecule has 0 spiro atoms. The summed E-state index contributed by atoms with van der Waals surface area (Å²) in [5.74, 6) is 1.26. The second-order valence-corrected chi connectivity index (χ2v) is 3.43. The first-order chi connectivity index (χ1) is 4.79. The van der Waals surface area contributed by atoms with E-state index in [1.54, 1.807) is 0 Å². The molecule has 1 aliphatic rings. The first-order valence-electron chi connectivity index (χ1n) is 4.31. The normalized spacial score (nSPS) is 29.3. The highest BCUT2D eigenvalue weighted by atomic mass is 16.1. The summed E-state index contributed by atoms with van der Waals surface area (Å²) in [5, 5.41) is 0. The van der Waals surface area contributed by atoms with E-state index >= 15 is 0 Å². The van der Waals surface area contributed by atoms with Gasteiger partial charge in [-0.05, 0) is 18.8 Å². The summed E-state index contributed by atoms with van der Waals surface area (Å²) in [7, 11) is 0. The second kappa shape index (κ2) is 3.75. The van der Waals surface area contributed by atoms with E-state index < -0.39 is 0 Å². The van der Waals surface area contributed by atoms with Gasteiger partial charge in [0.2, 0.25) is 0 Å². The Balaban J connectivity index is 2.29. The fourth-order valence-corrected chi connectivity index (χ4v) is 1.49. The molecule has 1 nitrogen and oxygen atoms in total. The zero-order valence-corrected chi connectivity index (χ0v) is 6.73. The highest BCUT2D eigenvalue weighted by Gasteiger charge is 2.10. The topological polar surface area (TPSA) is 17.1 Å². The molecule has 0 aromatic rings. The largest absolute Gasteiger partial charge is 0.300 e. The minimum absolute atomic E-state index is 0.478. The van der Waals surface area contributed by atoms with E-state index in [1.165, 1.54) is 12.8 Å². The lowest BCUT2D eigenvalue weighted by Crippen LogP contribution is -2.06. The van der Waals surface area contributed by atoms with Gasteiger partial charge in [0.15, 0.2) is 0 Å². The fourth-order valence-electron chi connectivity index (χ4n) is 1.49. The van der Waals surface area contributed by atoms with E-state index in [9.17, 15) is 4.79 Å². The lowest BCUT2D eigenvalue weighted by atomic mass is 9.92. The first-order valence-corrected chi connectivity index (χ1v) is 4.31. The molecular formula is C9H16O. The Hall–Kier alpha value is -0.330. The van der Waals surface area contributed by atoms with Crippen LogP contribution in [0, 0.1) is 5.92 Å². The van der Waals surface area contributed by atoms with Crippen LogP contribution < -0.4 is 0 Å². The Morgan fingerprint density at radius 3 is 2.80 bits per heavy atom. The minimum atomic E-state index is 0.478. The smallest absolute Gasteiger partial charge is 0.132 e. The van der Waals surface area contributed by atoms with Crippen molar-refractivity contribution in [3.05, 3.63) is 0 Å². The molecule has 58 valence electrons. The van der Waals surface area contributed by atoms with Gasteiger partial charge in [-0.15, -0.1) is 0 Å². The van der Waals surface area contributed by atoms with Crippen molar-refractivity contribution < 1.29 is 4.79 Å². The maximum absolute atomic E-state index is 11.0. The molecular weight excluding hydrogens is 124 g/mol. The van der Waals surface area contributed by atoms with Crippen molar-refractivity contribution >= 4 is 5.78 Å². The van der Waals surface area contributed by atoms with Crippen molar-refractivity contribution in [3.63, 3.8) is 0 Å². The monoisotopic (exact) mass is 140 g/mol. The number of carbonyl (C=O) groups excluding carboxylic acids is 1. The second-order valence-electron chi connectivity index (χ2n) is 3.43. The van der Waals surface area contributed by atoms with Gasteiger partial charge in [0.05, 0.1) is 0 Å². The van der Waals surface area contributed by atoms with Crippen molar-refractivity contribution in [2.24, 2.45) is 5.92 Å².